The van der Waals surface area contributed by atoms with Gasteiger partial charge in [-0.1, -0.05) is 445 Å². The van der Waals surface area contributed by atoms with E-state index in [4.69, 9.17) is 28.4 Å². The van der Waals surface area contributed by atoms with Gasteiger partial charge in [-0.3, -0.25) is 24.0 Å². The van der Waals surface area contributed by atoms with Crippen molar-refractivity contribution in [1.82, 2.24) is 10.6 Å². The van der Waals surface area contributed by atoms with E-state index in [1.54, 1.807) is 0 Å². The van der Waals surface area contributed by atoms with Crippen LogP contribution in [0.25, 0.3) is 0 Å². The predicted octanol–water partition coefficient (Wildman–Crippen LogP) is 23.7. The molecule has 21 heteroatoms. The Balaban J connectivity index is 2.32. The van der Waals surface area contributed by atoms with Gasteiger partial charge in [-0.25, -0.2) is 4.79 Å². The molecule has 2 amide bonds. The number of rotatable bonds is 91. The summed E-state index contributed by atoms with van der Waals surface area (Å²) in [7, 11) is 0. The molecule has 0 aromatic rings. The van der Waals surface area contributed by atoms with Gasteiger partial charge in [0.15, 0.2) is 30.6 Å². The fourth-order valence-electron chi connectivity index (χ4n) is 18.0. The van der Waals surface area contributed by atoms with E-state index >= 15 is 0 Å². The summed E-state index contributed by atoms with van der Waals surface area (Å²) in [4.78, 5) is 84.8. The molecular formula is C104H196N2O19. The normalized spacial score (nSPS) is 19.6. The SMILES string of the molecule is CCCCCCCCCCCCC[C@@H](O)CC(=O)N[C@H]1C(=O)O[C@H](CO[C@@H]2O[C@H](CO)[C@@H](O)[C@H](OC(=O)C[C@H](O)CCCCCCCCCCCCC)[C@H]2NC(=O)C[C@@H](CCCCCCCCCCCCC)OC(=O)CCCCCCCCCCCCCCCCCCCCCCCCCC(C)O)[C@@H](O)[C@@H]1OC(=O)C[C@H](O)CCCCCCCCCCCCC. The van der Waals surface area contributed by atoms with Crippen molar-refractivity contribution in [1.29, 1.82) is 0 Å². The summed E-state index contributed by atoms with van der Waals surface area (Å²) in [5, 5.41) is 83.5. The van der Waals surface area contributed by atoms with Gasteiger partial charge < -0.3 is 74.8 Å². The first-order valence-corrected chi connectivity index (χ1v) is 53.2. The maximum Gasteiger partial charge on any atom is 0.333 e. The molecule has 0 saturated carbocycles. The van der Waals surface area contributed by atoms with Crippen molar-refractivity contribution in [2.75, 3.05) is 13.2 Å². The minimum Gasteiger partial charge on any atom is -0.462 e. The fourth-order valence-corrected chi connectivity index (χ4v) is 18.0. The molecule has 1 unspecified atom stereocenters. The number of aliphatic hydroxyl groups is 7. The number of nitrogens with one attached hydrogen (secondary N) is 2. The minimum atomic E-state index is -1.91. The summed E-state index contributed by atoms with van der Waals surface area (Å²) in [5.74, 6) is -4.84. The van der Waals surface area contributed by atoms with Gasteiger partial charge in [0, 0.05) is 6.42 Å². The van der Waals surface area contributed by atoms with Gasteiger partial charge in [0.2, 0.25) is 11.8 Å². The highest BCUT2D eigenvalue weighted by Crippen LogP contribution is 2.31. The molecule has 21 nitrogen and oxygen atoms in total. The lowest BCUT2D eigenvalue weighted by Crippen LogP contribution is -2.67. The van der Waals surface area contributed by atoms with Crippen LogP contribution in [0.3, 0.4) is 0 Å². The van der Waals surface area contributed by atoms with Gasteiger partial charge in [-0.05, 0) is 51.9 Å². The van der Waals surface area contributed by atoms with Gasteiger partial charge in [-0.15, -0.1) is 0 Å². The number of carbonyl (C=O) groups excluding carboxylic acids is 6. The van der Waals surface area contributed by atoms with Gasteiger partial charge in [0.25, 0.3) is 0 Å². The van der Waals surface area contributed by atoms with E-state index in [-0.39, 0.29) is 18.9 Å². The number of ether oxygens (including phenoxy) is 6. The molecule has 2 saturated heterocycles. The molecule has 2 fully saturated rings. The molecule has 736 valence electrons. The Kier molecular flexibility index (Phi) is 78.5. The molecule has 0 radical (unpaired) electrons. The highest BCUT2D eigenvalue weighted by atomic mass is 16.7. The number of cyclic esters (lactones) is 1. The van der Waals surface area contributed by atoms with Crippen LogP contribution in [0.2, 0.25) is 0 Å². The van der Waals surface area contributed by atoms with E-state index in [0.717, 1.165) is 141 Å². The van der Waals surface area contributed by atoms with E-state index in [1.165, 1.54) is 263 Å². The lowest BCUT2D eigenvalue weighted by atomic mass is 9.95. The number of aliphatic hydroxyl groups excluding tert-OH is 7. The third-order valence-corrected chi connectivity index (χ3v) is 26.0. The van der Waals surface area contributed by atoms with Crippen LogP contribution >= 0.6 is 0 Å². The second-order valence-electron chi connectivity index (χ2n) is 38.3. The topological polar surface area (TPSA) is 323 Å². The first kappa shape index (κ1) is 118. The van der Waals surface area contributed by atoms with Crippen molar-refractivity contribution in [3.8, 4) is 0 Å². The van der Waals surface area contributed by atoms with Gasteiger partial charge in [0.1, 0.15) is 30.5 Å². The minimum absolute atomic E-state index is 0.166. The molecule has 9 N–H and O–H groups in total. The Morgan fingerprint density at radius 3 is 0.968 bits per heavy atom. The van der Waals surface area contributed by atoms with Gasteiger partial charge in [-0.2, -0.15) is 0 Å². The maximum absolute atomic E-state index is 14.8. The van der Waals surface area contributed by atoms with Crippen molar-refractivity contribution in [3.05, 3.63) is 0 Å². The molecule has 2 aliphatic rings. The molecule has 0 bridgehead atoms. The van der Waals surface area contributed by atoms with Crippen LogP contribution in [-0.4, -0.2) is 170 Å². The zero-order valence-corrected chi connectivity index (χ0v) is 81.0. The third kappa shape index (κ3) is 66.5. The molecule has 2 aliphatic heterocycles. The molecule has 0 aromatic heterocycles. The smallest absolute Gasteiger partial charge is 0.333 e. The zero-order valence-electron chi connectivity index (χ0n) is 81.0. The van der Waals surface area contributed by atoms with Gasteiger partial charge in [0.05, 0.1) is 63.3 Å². The number of hydrogen-bond acceptors (Lipinski definition) is 19. The van der Waals surface area contributed by atoms with Crippen molar-refractivity contribution >= 4 is 35.7 Å². The summed E-state index contributed by atoms with van der Waals surface area (Å²) in [6, 6.07) is -3.34. The number of unbranched alkanes of at least 4 members (excludes halogenated alkanes) is 62. The van der Waals surface area contributed by atoms with E-state index in [2.05, 4.69) is 38.3 Å². The highest BCUT2D eigenvalue weighted by molar-refractivity contribution is 5.86. The van der Waals surface area contributed by atoms with Crippen molar-refractivity contribution in [2.45, 2.75) is 615 Å². The molecule has 0 aliphatic carbocycles. The van der Waals surface area contributed by atoms with Crippen molar-refractivity contribution in [3.63, 3.8) is 0 Å². The quantitative estimate of drug-likeness (QED) is 0.0155. The van der Waals surface area contributed by atoms with Crippen molar-refractivity contribution in [2.24, 2.45) is 0 Å². The summed E-state index contributed by atoms with van der Waals surface area (Å²) >= 11 is 0. The van der Waals surface area contributed by atoms with E-state index < -0.39 is 148 Å². The summed E-state index contributed by atoms with van der Waals surface area (Å²) in [6.45, 7) is 9.16. The number of esters is 4. The molecular weight excluding hydrogens is 1580 g/mol. The van der Waals surface area contributed by atoms with Gasteiger partial charge >= 0.3 is 23.9 Å². The van der Waals surface area contributed by atoms with Crippen LogP contribution in [0.4, 0.5) is 0 Å². The van der Waals surface area contributed by atoms with Crippen LogP contribution in [0.1, 0.15) is 529 Å². The molecule has 0 aromatic carbocycles. The lowest BCUT2D eigenvalue weighted by Gasteiger charge is -2.44. The van der Waals surface area contributed by atoms with Crippen molar-refractivity contribution < 1.29 is 92.9 Å². The predicted molar refractivity (Wildman–Crippen MR) is 505 cm³/mol. The first-order chi connectivity index (χ1) is 60.9. The molecule has 125 heavy (non-hydrogen) atoms. The zero-order chi connectivity index (χ0) is 91.1. The molecule has 2 rings (SSSR count). The van der Waals surface area contributed by atoms with Crippen LogP contribution in [0.5, 0.6) is 0 Å². The second-order valence-corrected chi connectivity index (χ2v) is 38.3. The molecule has 14 atom stereocenters. The Morgan fingerprint density at radius 1 is 0.344 bits per heavy atom. The maximum atomic E-state index is 14.8. The standard InChI is InChI=1S/C104H196N2O19/c1-6-10-14-18-22-26-43-50-56-62-68-74-86(109)79-92(112)105-97-101(124-95(115)80-87(110)75-69-63-57-51-44-27-23-19-15-11-7-2)100(118)91(122-103(97)119)84-120-104-98(102(99(117)90(83-107)123-104)125-96(116)81-88(111)76-70-64-58-52-45-28-24-20-16-12-8-3)106-93(113)82-89(77-71-65-59-53-46-29-25-21-17-13-9-4)121-94(114)78-72-66-60-54-48-42-40-38-36-34-32-30-31-33-35-37-39-41-47-49-55-61-67-73-85(5)108/h85-91,97-102,104,107-111,117-118H,6-84H2,1-5H3,(H,105,112)(H,106,113)/t85?,86-,87-,88-,89-,90-,91-,97-,98-,99-,100-,101-,102-,104-/m1/s1. The summed E-state index contributed by atoms with van der Waals surface area (Å²) in [5.41, 5.74) is 0. The average Bonchev–Trinajstić information content (AvgIpc) is 0.788. The van der Waals surface area contributed by atoms with E-state index in [1.807, 2.05) is 6.92 Å². The van der Waals surface area contributed by atoms with E-state index in [9.17, 15) is 64.5 Å². The van der Waals surface area contributed by atoms with E-state index in [0.29, 0.717) is 57.8 Å². The second kappa shape index (κ2) is 83.5. The Morgan fingerprint density at radius 2 is 0.632 bits per heavy atom. The molecule has 2 heterocycles. The summed E-state index contributed by atoms with van der Waals surface area (Å²) < 4.78 is 36.5. The highest BCUT2D eigenvalue weighted by Gasteiger charge is 2.52. The van der Waals surface area contributed by atoms with Crippen LogP contribution < -0.4 is 10.6 Å². The number of amides is 2. The number of carbonyl (C=O) groups is 6. The van der Waals surface area contributed by atoms with Crippen LogP contribution in [0, 0.1) is 0 Å². The van der Waals surface area contributed by atoms with Crippen LogP contribution in [0.15, 0.2) is 0 Å². The van der Waals surface area contributed by atoms with Crippen LogP contribution in [-0.2, 0) is 57.2 Å². The monoisotopic (exact) mass is 1780 g/mol. The fraction of sp³-hybridized carbons (Fsp3) is 0.942. The summed E-state index contributed by atoms with van der Waals surface area (Å²) in [6.07, 6.45) is 61.4. The average molecular weight is 1780 g/mol. The third-order valence-electron chi connectivity index (χ3n) is 26.0. The number of hydrogen-bond donors (Lipinski definition) is 9. The lowest BCUT2D eigenvalue weighted by molar-refractivity contribution is -0.283. The largest absolute Gasteiger partial charge is 0.462 e. The Labute approximate surface area is 763 Å². The first-order valence-electron chi connectivity index (χ1n) is 53.2. The Bertz CT molecular complexity index is 2500. The Hall–Kier alpha value is -3.54. The molecule has 0 spiro atoms.